The van der Waals surface area contributed by atoms with Gasteiger partial charge < -0.3 is 20.9 Å². The molecule has 0 saturated heterocycles. The van der Waals surface area contributed by atoms with E-state index in [0.717, 1.165) is 71.6 Å². The number of hydrogen-bond acceptors (Lipinski definition) is 6. The van der Waals surface area contributed by atoms with Crippen LogP contribution in [0.3, 0.4) is 0 Å². The molecule has 46 heavy (non-hydrogen) atoms. The van der Waals surface area contributed by atoms with Crippen LogP contribution in [0, 0.1) is 5.82 Å². The standard InChI is InChI=1S/C37H47F2N3O3S/c1-4-29-30-16-19-46-18-8-6-5-7-17-37(2,27-11-9-10-25(20-27)12-15-35(43)44)34(24-41-3)42-23-26-21-28(13-14-31(26)38)45-36(30)32(39)22-33(29)40/h9-11,14,20-22,24,28,42H,3-8,12-13,15-19,23,40H2,1-2H3,(H,43,44)/b34-24-. The van der Waals surface area contributed by atoms with E-state index in [2.05, 4.69) is 36.1 Å². The molecule has 0 fully saturated rings. The molecule has 0 spiro atoms. The second kappa shape index (κ2) is 16.8. The Labute approximate surface area is 276 Å². The number of hydrogen-bond donors (Lipinski definition) is 3. The highest BCUT2D eigenvalue weighted by molar-refractivity contribution is 7.99. The van der Waals surface area contributed by atoms with E-state index in [9.17, 15) is 9.90 Å². The Bertz CT molecular complexity index is 1490. The van der Waals surface area contributed by atoms with Crippen molar-refractivity contribution < 1.29 is 23.4 Å². The molecule has 2 bridgehead atoms. The third-order valence-corrected chi connectivity index (χ3v) is 10.1. The topological polar surface area (TPSA) is 96.9 Å². The van der Waals surface area contributed by atoms with Crippen LogP contribution in [0.15, 0.2) is 70.8 Å². The molecule has 2 aromatic rings. The number of rotatable bonds is 6. The number of carboxylic acids is 1. The minimum atomic E-state index is -0.834. The van der Waals surface area contributed by atoms with E-state index in [4.69, 9.17) is 10.5 Å². The van der Waals surface area contributed by atoms with Crippen molar-refractivity contribution in [1.82, 2.24) is 5.32 Å². The van der Waals surface area contributed by atoms with Crippen molar-refractivity contribution in [2.45, 2.75) is 89.6 Å². The molecule has 9 heteroatoms. The van der Waals surface area contributed by atoms with Crippen LogP contribution < -0.4 is 15.8 Å². The summed E-state index contributed by atoms with van der Waals surface area (Å²) in [4.78, 5) is 15.4. The molecule has 4 N–H and O–H groups in total. The van der Waals surface area contributed by atoms with E-state index in [1.165, 1.54) is 12.1 Å². The van der Waals surface area contributed by atoms with E-state index >= 15 is 8.78 Å². The summed E-state index contributed by atoms with van der Waals surface area (Å²) in [5, 5.41) is 12.7. The molecule has 1 aliphatic carbocycles. The number of nitrogen functional groups attached to an aromatic ring is 1. The van der Waals surface area contributed by atoms with Gasteiger partial charge in [0.2, 0.25) is 0 Å². The van der Waals surface area contributed by atoms with Crippen molar-refractivity contribution in [2.75, 3.05) is 23.8 Å². The van der Waals surface area contributed by atoms with E-state index in [1.54, 1.807) is 12.3 Å². The summed E-state index contributed by atoms with van der Waals surface area (Å²) in [6, 6.07) is 9.38. The van der Waals surface area contributed by atoms with Crippen molar-refractivity contribution in [1.29, 1.82) is 0 Å². The molecule has 4 rings (SSSR count). The number of nitrogens with two attached hydrogens (primary N) is 1. The zero-order valence-electron chi connectivity index (χ0n) is 27.0. The number of carbonyl (C=O) groups is 1. The Hall–Kier alpha value is -3.59. The summed E-state index contributed by atoms with van der Waals surface area (Å²) in [5.41, 5.74) is 11.1. The van der Waals surface area contributed by atoms with Gasteiger partial charge in [-0.15, -0.1) is 0 Å². The number of carboxylic acid groups (broad SMARTS) is 1. The van der Waals surface area contributed by atoms with E-state index in [-0.39, 0.29) is 31.0 Å². The zero-order chi connectivity index (χ0) is 33.1. The Balaban J connectivity index is 1.69. The number of anilines is 1. The van der Waals surface area contributed by atoms with Gasteiger partial charge in [0, 0.05) is 59.6 Å². The number of ether oxygens (including phenoxy) is 1. The molecule has 2 aromatic carbocycles. The van der Waals surface area contributed by atoms with E-state index in [1.807, 2.05) is 30.8 Å². The Morgan fingerprint density at radius 3 is 2.80 bits per heavy atom. The van der Waals surface area contributed by atoms with Gasteiger partial charge >= 0.3 is 5.97 Å². The minimum Gasteiger partial charge on any atom is -0.483 e. The predicted octanol–water partition coefficient (Wildman–Crippen LogP) is 8.25. The van der Waals surface area contributed by atoms with Crippen LogP contribution in [0.4, 0.5) is 14.5 Å². The summed E-state index contributed by atoms with van der Waals surface area (Å²) >= 11 is 1.85. The number of benzene rings is 2. The molecule has 2 atom stereocenters. The lowest BCUT2D eigenvalue weighted by molar-refractivity contribution is -0.136. The van der Waals surface area contributed by atoms with Gasteiger partial charge in [0.05, 0.1) is 0 Å². The molecule has 0 saturated carbocycles. The van der Waals surface area contributed by atoms with Crippen LogP contribution in [0.25, 0.3) is 0 Å². The van der Waals surface area contributed by atoms with Crippen molar-refractivity contribution in [3.63, 3.8) is 0 Å². The highest BCUT2D eigenvalue weighted by Crippen LogP contribution is 2.38. The van der Waals surface area contributed by atoms with Gasteiger partial charge in [-0.05, 0) is 86.1 Å². The van der Waals surface area contributed by atoms with Gasteiger partial charge in [-0.1, -0.05) is 50.5 Å². The average molecular weight is 652 g/mol. The van der Waals surface area contributed by atoms with Crippen molar-refractivity contribution in [2.24, 2.45) is 4.99 Å². The molecule has 1 heterocycles. The maximum atomic E-state index is 15.4. The number of aryl methyl sites for hydroxylation is 1. The quantitative estimate of drug-likeness (QED) is 0.215. The van der Waals surface area contributed by atoms with Crippen LogP contribution in [0.1, 0.15) is 81.0 Å². The lowest BCUT2D eigenvalue weighted by atomic mass is 9.74. The molecule has 1 aliphatic heterocycles. The molecular weight excluding hydrogens is 604 g/mol. The SMILES string of the molecule is C=N/C=C1\NCC2=CC(CC=C2F)Oc2c(F)cc(N)c(CC)c2CCSCCCCCCC1(C)c1cccc(CCC(=O)O)c1. The number of nitrogens with one attached hydrogen (secondary N) is 1. The number of nitrogens with zero attached hydrogens (tertiary/aromatic N) is 1. The normalized spacial score (nSPS) is 22.5. The van der Waals surface area contributed by atoms with Crippen LogP contribution in [0.2, 0.25) is 0 Å². The maximum absolute atomic E-state index is 15.4. The molecule has 248 valence electrons. The number of halogens is 2. The number of fused-ring (bicyclic) bond motifs is 2. The number of thioether (sulfide) groups is 1. The van der Waals surface area contributed by atoms with Crippen LogP contribution in [-0.2, 0) is 29.5 Å². The molecule has 6 nitrogen and oxygen atoms in total. The summed E-state index contributed by atoms with van der Waals surface area (Å²) in [6.07, 6.45) is 11.5. The first-order valence-electron chi connectivity index (χ1n) is 16.3. The second-order valence-corrected chi connectivity index (χ2v) is 13.5. The first kappa shape index (κ1) is 35.3. The lowest BCUT2D eigenvalue weighted by Crippen LogP contribution is -2.35. The molecule has 0 aromatic heterocycles. The van der Waals surface area contributed by atoms with Gasteiger partial charge in [0.25, 0.3) is 0 Å². The third kappa shape index (κ3) is 9.02. The van der Waals surface area contributed by atoms with E-state index < -0.39 is 23.3 Å². The van der Waals surface area contributed by atoms with Crippen molar-refractivity contribution in [3.05, 3.63) is 93.9 Å². The Morgan fingerprint density at radius 2 is 2.04 bits per heavy atom. The van der Waals surface area contributed by atoms with Crippen LogP contribution in [0.5, 0.6) is 5.75 Å². The molecule has 0 amide bonds. The smallest absolute Gasteiger partial charge is 0.303 e. The van der Waals surface area contributed by atoms with Gasteiger partial charge in [-0.2, -0.15) is 11.8 Å². The van der Waals surface area contributed by atoms with Crippen LogP contribution >= 0.6 is 11.8 Å². The third-order valence-electron chi connectivity index (χ3n) is 9.02. The fourth-order valence-corrected chi connectivity index (χ4v) is 7.35. The zero-order valence-corrected chi connectivity index (χ0v) is 27.9. The number of allylic oxidation sites excluding steroid dienone is 1. The highest BCUT2D eigenvalue weighted by Gasteiger charge is 2.32. The first-order chi connectivity index (χ1) is 22.2. The molecular formula is C37H47F2N3O3S. The molecule has 2 unspecified atom stereocenters. The highest BCUT2D eigenvalue weighted by atomic mass is 32.2. The summed E-state index contributed by atoms with van der Waals surface area (Å²) < 4.78 is 37.0. The minimum absolute atomic E-state index is 0.0534. The predicted molar refractivity (Wildman–Crippen MR) is 186 cm³/mol. The van der Waals surface area contributed by atoms with Gasteiger partial charge in [0.1, 0.15) is 11.9 Å². The summed E-state index contributed by atoms with van der Waals surface area (Å²) in [5.74, 6) is 0.379. The Kier molecular flexibility index (Phi) is 12.9. The number of aliphatic imine (C=N–C) groups is 1. The fourth-order valence-electron chi connectivity index (χ4n) is 6.39. The number of aliphatic carboxylic acids is 1. The average Bonchev–Trinajstić information content (AvgIpc) is 3.03. The molecule has 0 radical (unpaired) electrons. The maximum Gasteiger partial charge on any atom is 0.303 e. The van der Waals surface area contributed by atoms with Crippen LogP contribution in [-0.4, -0.2) is 41.9 Å². The van der Waals surface area contributed by atoms with E-state index in [0.29, 0.717) is 30.5 Å². The fraction of sp³-hybridized carbons (Fsp3) is 0.459. The second-order valence-electron chi connectivity index (χ2n) is 12.3. The first-order valence-corrected chi connectivity index (χ1v) is 17.4. The Morgan fingerprint density at radius 1 is 1.24 bits per heavy atom. The van der Waals surface area contributed by atoms with Gasteiger partial charge in [-0.3, -0.25) is 9.79 Å². The monoisotopic (exact) mass is 651 g/mol. The van der Waals surface area contributed by atoms with Gasteiger partial charge in [0.15, 0.2) is 11.6 Å². The van der Waals surface area contributed by atoms with Gasteiger partial charge in [-0.25, -0.2) is 8.78 Å². The van der Waals surface area contributed by atoms with Crippen molar-refractivity contribution in [3.8, 4) is 5.75 Å². The lowest BCUT2D eigenvalue weighted by Gasteiger charge is -2.34. The molecule has 2 aliphatic rings. The van der Waals surface area contributed by atoms with Crippen molar-refractivity contribution >= 4 is 30.1 Å². The summed E-state index contributed by atoms with van der Waals surface area (Å²) in [6.45, 7) is 8.05. The largest absolute Gasteiger partial charge is 0.483 e. The summed E-state index contributed by atoms with van der Waals surface area (Å²) in [7, 11) is 0.